The van der Waals surface area contributed by atoms with Crippen LogP contribution in [0.3, 0.4) is 0 Å². The molecule has 0 amide bonds. The fraction of sp³-hybridized carbons (Fsp3) is 0.304. The van der Waals surface area contributed by atoms with Crippen molar-refractivity contribution in [1.82, 2.24) is 9.38 Å². The number of nitrogens with zero attached hydrogens (tertiary/aromatic N) is 4. The van der Waals surface area contributed by atoms with Gasteiger partial charge in [0, 0.05) is 30.5 Å². The van der Waals surface area contributed by atoms with Gasteiger partial charge in [0.1, 0.15) is 11.7 Å². The number of benzene rings is 1. The zero-order valence-electron chi connectivity index (χ0n) is 18.6. The third-order valence-corrected chi connectivity index (χ3v) is 7.43. The summed E-state index contributed by atoms with van der Waals surface area (Å²) in [6.07, 6.45) is 1.59. The van der Waals surface area contributed by atoms with Crippen molar-refractivity contribution >= 4 is 33.0 Å². The van der Waals surface area contributed by atoms with Gasteiger partial charge in [-0.15, -0.1) is 0 Å². The Bertz CT molecular complexity index is 1490. The number of carboxylic acids is 1. The van der Waals surface area contributed by atoms with E-state index in [0.29, 0.717) is 16.9 Å². The van der Waals surface area contributed by atoms with Crippen LogP contribution in [0, 0.1) is 18.3 Å². The summed E-state index contributed by atoms with van der Waals surface area (Å²) in [5.41, 5.74) is 1.54. The van der Waals surface area contributed by atoms with Crippen LogP contribution in [0.15, 0.2) is 41.3 Å². The second kappa shape index (κ2) is 8.79. The average molecular weight is 482 g/mol. The van der Waals surface area contributed by atoms with E-state index in [1.54, 1.807) is 29.3 Å². The van der Waals surface area contributed by atoms with E-state index in [1.807, 2.05) is 26.0 Å². The van der Waals surface area contributed by atoms with Gasteiger partial charge in [0.05, 0.1) is 23.1 Å². The van der Waals surface area contributed by atoms with E-state index >= 15 is 0 Å². The minimum atomic E-state index is -3.16. The van der Waals surface area contributed by atoms with Crippen LogP contribution in [0.4, 0.5) is 11.5 Å². The molecule has 0 aliphatic carbocycles. The normalized spacial score (nSPS) is 16.1. The molecule has 3 heterocycles. The van der Waals surface area contributed by atoms with Crippen LogP contribution in [-0.4, -0.2) is 53.5 Å². The number of aromatic carboxylic acids is 1. The minimum absolute atomic E-state index is 0.0798. The third-order valence-electron chi connectivity index (χ3n) is 5.82. The van der Waals surface area contributed by atoms with Gasteiger partial charge in [-0.1, -0.05) is 12.1 Å². The Labute approximate surface area is 196 Å². The standard InChI is InChI=1S/C23H23N5O5S/c1-14-11-17(15(2)25-19-6-4-3-5-16(19)23(30)31)21-26-20(18(12-24)22(29)28(21)13-14)27-7-9-34(32,33)10-8-27/h3-6,11,13,15,25H,7-10H2,1-2H3,(H,30,31). The molecule has 3 aromatic rings. The number of fused-ring (bicyclic) bond motifs is 1. The van der Waals surface area contributed by atoms with E-state index in [2.05, 4.69) is 10.3 Å². The number of aromatic nitrogens is 2. The second-order valence-electron chi connectivity index (χ2n) is 8.25. The van der Waals surface area contributed by atoms with Crippen molar-refractivity contribution in [2.45, 2.75) is 19.9 Å². The molecule has 4 rings (SSSR count). The summed E-state index contributed by atoms with van der Waals surface area (Å²) in [5, 5.41) is 22.4. The summed E-state index contributed by atoms with van der Waals surface area (Å²) in [6.45, 7) is 3.91. The highest BCUT2D eigenvalue weighted by atomic mass is 32.2. The predicted molar refractivity (Wildman–Crippen MR) is 127 cm³/mol. The molecule has 1 saturated heterocycles. The molecule has 0 bridgehead atoms. The molecule has 2 N–H and O–H groups in total. The molecule has 1 unspecified atom stereocenters. The molecule has 1 aromatic carbocycles. The van der Waals surface area contributed by atoms with Crippen LogP contribution in [0.5, 0.6) is 0 Å². The monoisotopic (exact) mass is 481 g/mol. The van der Waals surface area contributed by atoms with E-state index in [-0.39, 0.29) is 41.5 Å². The summed E-state index contributed by atoms with van der Waals surface area (Å²) in [7, 11) is -3.16. The number of rotatable bonds is 5. The Morgan fingerprint density at radius 3 is 2.59 bits per heavy atom. The summed E-state index contributed by atoms with van der Waals surface area (Å²) in [5.74, 6) is -1.07. The van der Waals surface area contributed by atoms with Gasteiger partial charge in [-0.2, -0.15) is 5.26 Å². The van der Waals surface area contributed by atoms with Gasteiger partial charge >= 0.3 is 5.97 Å². The van der Waals surface area contributed by atoms with Gasteiger partial charge in [-0.3, -0.25) is 9.20 Å². The average Bonchev–Trinajstić information content (AvgIpc) is 2.79. The Hall–Kier alpha value is -3.91. The van der Waals surface area contributed by atoms with E-state index < -0.39 is 27.4 Å². The van der Waals surface area contributed by atoms with Crippen molar-refractivity contribution in [1.29, 1.82) is 5.26 Å². The molecule has 34 heavy (non-hydrogen) atoms. The fourth-order valence-electron chi connectivity index (χ4n) is 4.07. The second-order valence-corrected chi connectivity index (χ2v) is 10.6. The molecule has 10 nitrogen and oxygen atoms in total. The number of nitrogens with one attached hydrogen (secondary N) is 1. The van der Waals surface area contributed by atoms with Crippen LogP contribution < -0.4 is 15.8 Å². The SMILES string of the molecule is Cc1cc(C(C)Nc2ccccc2C(=O)O)c2nc(N3CCS(=O)(=O)CC3)c(C#N)c(=O)n2c1. The number of pyridine rings is 1. The van der Waals surface area contributed by atoms with E-state index in [0.717, 1.165) is 5.56 Å². The zero-order chi connectivity index (χ0) is 24.6. The first kappa shape index (κ1) is 23.3. The largest absolute Gasteiger partial charge is 0.478 e. The number of anilines is 2. The van der Waals surface area contributed by atoms with Crippen molar-refractivity contribution in [3.63, 3.8) is 0 Å². The van der Waals surface area contributed by atoms with Crippen molar-refractivity contribution in [3.8, 4) is 6.07 Å². The maximum Gasteiger partial charge on any atom is 0.337 e. The molecule has 176 valence electrons. The van der Waals surface area contributed by atoms with E-state index in [1.165, 1.54) is 10.5 Å². The van der Waals surface area contributed by atoms with Gasteiger partial charge < -0.3 is 15.3 Å². The van der Waals surface area contributed by atoms with Gasteiger partial charge in [0.25, 0.3) is 5.56 Å². The highest BCUT2D eigenvalue weighted by Crippen LogP contribution is 2.27. The van der Waals surface area contributed by atoms with Crippen molar-refractivity contribution in [2.75, 3.05) is 34.8 Å². The summed E-state index contributed by atoms with van der Waals surface area (Å²) < 4.78 is 25.0. The van der Waals surface area contributed by atoms with Crippen LogP contribution in [0.2, 0.25) is 0 Å². The number of aryl methyl sites for hydroxylation is 1. The number of carboxylic acid groups (broad SMARTS) is 1. The third kappa shape index (κ3) is 4.32. The van der Waals surface area contributed by atoms with Crippen molar-refractivity contribution < 1.29 is 18.3 Å². The van der Waals surface area contributed by atoms with Gasteiger partial charge in [0.15, 0.2) is 21.2 Å². The van der Waals surface area contributed by atoms with Crippen LogP contribution in [0.25, 0.3) is 5.65 Å². The smallest absolute Gasteiger partial charge is 0.337 e. The van der Waals surface area contributed by atoms with E-state index in [4.69, 9.17) is 0 Å². The van der Waals surface area contributed by atoms with Crippen LogP contribution in [0.1, 0.15) is 40.0 Å². The fourth-order valence-corrected chi connectivity index (χ4v) is 5.27. The summed E-state index contributed by atoms with van der Waals surface area (Å²) >= 11 is 0. The number of nitriles is 1. The zero-order valence-corrected chi connectivity index (χ0v) is 19.5. The topological polar surface area (TPSA) is 145 Å². The summed E-state index contributed by atoms with van der Waals surface area (Å²) in [4.78, 5) is 31.2. The Balaban J connectivity index is 1.85. The lowest BCUT2D eigenvalue weighted by molar-refractivity contribution is 0.0698. The lowest BCUT2D eigenvalue weighted by Gasteiger charge is -2.28. The molecule has 11 heteroatoms. The number of para-hydroxylation sites is 1. The molecule has 0 radical (unpaired) electrons. The number of hydrogen-bond donors (Lipinski definition) is 2. The maximum atomic E-state index is 13.2. The quantitative estimate of drug-likeness (QED) is 0.559. The van der Waals surface area contributed by atoms with Gasteiger partial charge in [-0.25, -0.2) is 18.2 Å². The highest BCUT2D eigenvalue weighted by molar-refractivity contribution is 7.91. The number of carbonyl (C=O) groups is 1. The molecule has 1 aliphatic rings. The molecule has 2 aromatic heterocycles. The first-order valence-electron chi connectivity index (χ1n) is 10.6. The van der Waals surface area contributed by atoms with Gasteiger partial charge in [-0.05, 0) is 37.6 Å². The Kier molecular flexibility index (Phi) is 6.01. The molecule has 0 saturated carbocycles. The molecule has 1 fully saturated rings. The van der Waals surface area contributed by atoms with Crippen molar-refractivity contribution in [3.05, 3.63) is 69.1 Å². The predicted octanol–water partition coefficient (Wildman–Crippen LogP) is 1.98. The van der Waals surface area contributed by atoms with Crippen molar-refractivity contribution in [2.24, 2.45) is 0 Å². The molecule has 1 aliphatic heterocycles. The Morgan fingerprint density at radius 2 is 1.94 bits per heavy atom. The lowest BCUT2D eigenvalue weighted by Crippen LogP contribution is -2.42. The minimum Gasteiger partial charge on any atom is -0.478 e. The molecule has 1 atom stereocenters. The van der Waals surface area contributed by atoms with Gasteiger partial charge in [0.2, 0.25) is 0 Å². The van der Waals surface area contributed by atoms with Crippen LogP contribution >= 0.6 is 0 Å². The first-order valence-corrected chi connectivity index (χ1v) is 12.4. The first-order chi connectivity index (χ1) is 16.1. The highest BCUT2D eigenvalue weighted by Gasteiger charge is 2.27. The lowest BCUT2D eigenvalue weighted by atomic mass is 10.1. The van der Waals surface area contributed by atoms with Crippen LogP contribution in [-0.2, 0) is 9.84 Å². The molecular weight excluding hydrogens is 458 g/mol. The van der Waals surface area contributed by atoms with E-state index in [9.17, 15) is 28.4 Å². The maximum absolute atomic E-state index is 13.2. The summed E-state index contributed by atoms with van der Waals surface area (Å²) in [6, 6.07) is 9.85. The Morgan fingerprint density at radius 1 is 1.26 bits per heavy atom. The molecule has 0 spiro atoms. The number of hydrogen-bond acceptors (Lipinski definition) is 8. The number of sulfone groups is 1. The molecular formula is C23H23N5O5S.